The number of hydrogen-bond acceptors (Lipinski definition) is 2. The van der Waals surface area contributed by atoms with Gasteiger partial charge >= 0.3 is 0 Å². The van der Waals surface area contributed by atoms with Crippen LogP contribution in [0.1, 0.15) is 27.9 Å². The molecule has 0 aliphatic carbocycles. The summed E-state index contributed by atoms with van der Waals surface area (Å²) in [6.07, 6.45) is 4.11. The second-order valence-electron chi connectivity index (χ2n) is 14.2. The monoisotopic (exact) mass is 740 g/mol. The first-order valence-electron chi connectivity index (χ1n) is 19.6. The van der Waals surface area contributed by atoms with Crippen molar-refractivity contribution in [1.82, 2.24) is 4.98 Å². The number of para-hydroxylation sites is 1. The van der Waals surface area contributed by atoms with Crippen LogP contribution in [0.2, 0.25) is 0 Å². The van der Waals surface area contributed by atoms with Crippen molar-refractivity contribution in [3.8, 4) is 44.5 Å². The van der Waals surface area contributed by atoms with Crippen LogP contribution in [0.4, 0.5) is 5.69 Å². The Labute approximate surface area is 340 Å². The third-order valence-electron chi connectivity index (χ3n) is 10.3. The molecule has 0 unspecified atom stereocenters. The lowest BCUT2D eigenvalue weighted by atomic mass is 9.91. The Hall–Kier alpha value is -7.68. The molecule has 0 fully saturated rings. The molecule has 0 bridgehead atoms. The number of pyridine rings is 1. The molecular weight excluding hydrogens is 701 g/mol. The molecule has 9 rings (SSSR count). The van der Waals surface area contributed by atoms with Gasteiger partial charge in [-0.15, -0.1) is 0 Å². The molecule has 8 aromatic carbocycles. The van der Waals surface area contributed by atoms with Gasteiger partial charge in [-0.05, 0) is 111 Å². The van der Waals surface area contributed by atoms with Crippen molar-refractivity contribution >= 4 is 23.0 Å². The summed E-state index contributed by atoms with van der Waals surface area (Å²) in [6.45, 7) is 0. The predicted octanol–water partition coefficient (Wildman–Crippen LogP) is 14.5. The molecule has 0 amide bonds. The Kier molecular flexibility index (Phi) is 10.5. The highest BCUT2D eigenvalue weighted by molar-refractivity contribution is 6.15. The van der Waals surface area contributed by atoms with Gasteiger partial charge in [-0.1, -0.05) is 176 Å². The summed E-state index contributed by atoms with van der Waals surface area (Å²) >= 11 is 0. The predicted molar refractivity (Wildman–Crippen MR) is 244 cm³/mol. The van der Waals surface area contributed by atoms with Gasteiger partial charge in [0.25, 0.3) is 0 Å². The van der Waals surface area contributed by atoms with Gasteiger partial charge in [-0.2, -0.15) is 0 Å². The van der Waals surface area contributed by atoms with E-state index in [1.54, 1.807) is 0 Å². The third-order valence-corrected chi connectivity index (χ3v) is 10.3. The van der Waals surface area contributed by atoms with Crippen LogP contribution in [0.25, 0.3) is 56.2 Å². The van der Waals surface area contributed by atoms with Crippen LogP contribution in [-0.4, -0.2) is 10.7 Å². The standard InChI is InChI=1S/C56H40N2/c1-6-20-41(21-7-1)47-34-48(42-22-8-2-9-23-42)37-51(36-47)53(55-32-18-19-33-57-55)40-46-30-16-17-31-54(46)58-56(45-28-14-5-15-29-45)52-38-49(43-24-10-3-11-25-43)35-50(39-52)44-26-12-4-13-27-44/h1-40H. The van der Waals surface area contributed by atoms with Crippen molar-refractivity contribution in [2.45, 2.75) is 0 Å². The number of nitrogens with zero attached hydrogens (tertiary/aromatic N) is 2. The van der Waals surface area contributed by atoms with Gasteiger partial charge in [-0.25, -0.2) is 4.99 Å². The highest BCUT2D eigenvalue weighted by Gasteiger charge is 2.16. The molecule has 2 nitrogen and oxygen atoms in total. The quantitative estimate of drug-likeness (QED) is 0.101. The maximum Gasteiger partial charge on any atom is 0.0782 e. The first-order chi connectivity index (χ1) is 28.7. The highest BCUT2D eigenvalue weighted by atomic mass is 14.8. The van der Waals surface area contributed by atoms with Crippen molar-refractivity contribution in [1.29, 1.82) is 0 Å². The maximum absolute atomic E-state index is 5.59. The van der Waals surface area contributed by atoms with Crippen LogP contribution >= 0.6 is 0 Å². The number of aromatic nitrogens is 1. The Balaban J connectivity index is 1.25. The molecule has 0 atom stereocenters. The topological polar surface area (TPSA) is 25.2 Å². The van der Waals surface area contributed by atoms with Crippen LogP contribution in [-0.2, 0) is 0 Å². The van der Waals surface area contributed by atoms with Crippen molar-refractivity contribution in [3.05, 3.63) is 265 Å². The molecule has 58 heavy (non-hydrogen) atoms. The van der Waals surface area contributed by atoms with Gasteiger partial charge in [0.2, 0.25) is 0 Å². The summed E-state index contributed by atoms with van der Waals surface area (Å²) in [5.41, 5.74) is 17.0. The Bertz CT molecular complexity index is 2520. The van der Waals surface area contributed by atoms with Crippen LogP contribution in [0.3, 0.4) is 0 Å². The number of rotatable bonds is 10. The molecule has 1 heterocycles. The Morgan fingerprint density at radius 3 is 1.22 bits per heavy atom. The first kappa shape index (κ1) is 36.0. The van der Waals surface area contributed by atoms with Gasteiger partial charge < -0.3 is 0 Å². The van der Waals surface area contributed by atoms with E-state index in [1.165, 1.54) is 0 Å². The van der Waals surface area contributed by atoms with E-state index in [4.69, 9.17) is 9.98 Å². The molecule has 274 valence electrons. The molecule has 0 radical (unpaired) electrons. The smallest absolute Gasteiger partial charge is 0.0782 e. The van der Waals surface area contributed by atoms with Crippen LogP contribution < -0.4 is 0 Å². The van der Waals surface area contributed by atoms with Crippen LogP contribution in [0, 0.1) is 0 Å². The average Bonchev–Trinajstić information content (AvgIpc) is 3.31. The first-order valence-corrected chi connectivity index (χ1v) is 19.6. The van der Waals surface area contributed by atoms with E-state index in [-0.39, 0.29) is 0 Å². The van der Waals surface area contributed by atoms with Gasteiger partial charge in [0.15, 0.2) is 0 Å². The van der Waals surface area contributed by atoms with Crippen molar-refractivity contribution in [2.24, 2.45) is 4.99 Å². The molecule has 0 saturated heterocycles. The van der Waals surface area contributed by atoms with Crippen LogP contribution in [0.15, 0.2) is 242 Å². The van der Waals surface area contributed by atoms with E-state index >= 15 is 0 Å². The molecular formula is C56H40N2. The molecule has 9 aromatic rings. The summed E-state index contributed by atoms with van der Waals surface area (Å²) in [7, 11) is 0. The number of hydrogen-bond donors (Lipinski definition) is 0. The number of benzene rings is 8. The highest BCUT2D eigenvalue weighted by Crippen LogP contribution is 2.36. The van der Waals surface area contributed by atoms with Crippen molar-refractivity contribution in [3.63, 3.8) is 0 Å². The van der Waals surface area contributed by atoms with Crippen molar-refractivity contribution in [2.75, 3.05) is 0 Å². The van der Waals surface area contributed by atoms with Gasteiger partial charge in [0.1, 0.15) is 0 Å². The van der Waals surface area contributed by atoms with Gasteiger partial charge in [0, 0.05) is 28.5 Å². The summed E-state index contributed by atoms with van der Waals surface area (Å²) < 4.78 is 0. The second-order valence-corrected chi connectivity index (χ2v) is 14.2. The van der Waals surface area contributed by atoms with E-state index in [9.17, 15) is 0 Å². The molecule has 0 aliphatic rings. The molecule has 2 heteroatoms. The minimum Gasteiger partial charge on any atom is -0.256 e. The third kappa shape index (κ3) is 8.14. The molecule has 0 saturated carbocycles. The lowest BCUT2D eigenvalue weighted by Gasteiger charge is -2.15. The summed E-state index contributed by atoms with van der Waals surface area (Å²) in [5.74, 6) is 0. The largest absolute Gasteiger partial charge is 0.256 e. The minimum atomic E-state index is 0.864. The van der Waals surface area contributed by atoms with Gasteiger partial charge in [0.05, 0.1) is 17.1 Å². The number of aliphatic imine (C=N–C) groups is 1. The zero-order valence-corrected chi connectivity index (χ0v) is 32.0. The Morgan fingerprint density at radius 1 is 0.345 bits per heavy atom. The van der Waals surface area contributed by atoms with Crippen molar-refractivity contribution < 1.29 is 0 Å². The Morgan fingerprint density at radius 2 is 0.759 bits per heavy atom. The lowest BCUT2D eigenvalue weighted by Crippen LogP contribution is -2.04. The van der Waals surface area contributed by atoms with E-state index in [2.05, 4.69) is 231 Å². The fraction of sp³-hybridized carbons (Fsp3) is 0. The van der Waals surface area contributed by atoms with Crippen LogP contribution in [0.5, 0.6) is 0 Å². The molecule has 1 aromatic heterocycles. The second kappa shape index (κ2) is 17.0. The lowest BCUT2D eigenvalue weighted by molar-refractivity contribution is 1.27. The van der Waals surface area contributed by atoms with E-state index in [0.717, 1.165) is 89.4 Å². The van der Waals surface area contributed by atoms with E-state index in [0.29, 0.717) is 0 Å². The molecule has 0 N–H and O–H groups in total. The zero-order chi connectivity index (χ0) is 38.9. The fourth-order valence-corrected chi connectivity index (χ4v) is 7.44. The SMILES string of the molecule is C(=C(c1cc(-c2ccccc2)cc(-c2ccccc2)c1)c1ccccn1)c1ccccc1N=C(c1ccccc1)c1cc(-c2ccccc2)cc(-c2ccccc2)c1. The molecule has 0 spiro atoms. The maximum atomic E-state index is 5.59. The molecule has 0 aliphatic heterocycles. The normalized spacial score (nSPS) is 11.7. The van der Waals surface area contributed by atoms with E-state index < -0.39 is 0 Å². The summed E-state index contributed by atoms with van der Waals surface area (Å²) in [6, 6.07) is 81.1. The average molecular weight is 741 g/mol. The zero-order valence-electron chi connectivity index (χ0n) is 32.0. The minimum absolute atomic E-state index is 0.864. The summed E-state index contributed by atoms with van der Waals surface area (Å²) in [5, 5.41) is 0. The van der Waals surface area contributed by atoms with E-state index in [1.807, 2.05) is 12.3 Å². The fourth-order valence-electron chi connectivity index (χ4n) is 7.44. The summed E-state index contributed by atoms with van der Waals surface area (Å²) in [4.78, 5) is 10.5. The van der Waals surface area contributed by atoms with Gasteiger partial charge in [-0.3, -0.25) is 4.98 Å².